The summed E-state index contributed by atoms with van der Waals surface area (Å²) in [6.07, 6.45) is 0. The first kappa shape index (κ1) is 14.5. The van der Waals surface area contributed by atoms with Gasteiger partial charge in [0.1, 0.15) is 0 Å². The fourth-order valence-corrected chi connectivity index (χ4v) is 2.31. The summed E-state index contributed by atoms with van der Waals surface area (Å²) in [6, 6.07) is 4.60. The lowest BCUT2D eigenvalue weighted by Crippen LogP contribution is -2.49. The number of hydrogen-bond donors (Lipinski definition) is 1. The van der Waals surface area contributed by atoms with E-state index < -0.39 is 29.8 Å². The molecule has 0 bridgehead atoms. The third-order valence-electron chi connectivity index (χ3n) is 3.04. The number of halogens is 1. The van der Waals surface area contributed by atoms with Gasteiger partial charge >= 0.3 is 5.97 Å². The van der Waals surface area contributed by atoms with Crippen LogP contribution in [0.4, 0.5) is 5.69 Å². The van der Waals surface area contributed by atoms with E-state index >= 15 is 0 Å². The van der Waals surface area contributed by atoms with Crippen LogP contribution in [0.3, 0.4) is 0 Å². The van der Waals surface area contributed by atoms with Crippen LogP contribution in [-0.2, 0) is 14.3 Å². The zero-order valence-corrected chi connectivity index (χ0v) is 11.6. The molecule has 2 rings (SSSR count). The summed E-state index contributed by atoms with van der Waals surface area (Å²) in [5.41, 5.74) is -1.56. The van der Waals surface area contributed by atoms with Crippen LogP contribution < -0.4 is 4.90 Å². The van der Waals surface area contributed by atoms with E-state index in [2.05, 4.69) is 4.74 Å². The van der Waals surface area contributed by atoms with E-state index in [0.29, 0.717) is 0 Å². The number of carbonyl (C=O) groups is 3. The molecular formula is C13H12ClNO5. The normalized spacial score (nSPS) is 16.9. The Balaban J connectivity index is 2.41. The van der Waals surface area contributed by atoms with E-state index in [1.807, 2.05) is 0 Å². The van der Waals surface area contributed by atoms with Gasteiger partial charge in [-0.2, -0.15) is 0 Å². The van der Waals surface area contributed by atoms with Crippen LogP contribution in [0.1, 0.15) is 17.3 Å². The van der Waals surface area contributed by atoms with E-state index in [1.54, 1.807) is 6.07 Å². The number of fused-ring (bicyclic) bond motifs is 1. The Morgan fingerprint density at radius 1 is 1.45 bits per heavy atom. The minimum absolute atomic E-state index is 0.0832. The number of nitrogens with zero attached hydrogens (tertiary/aromatic N) is 1. The first-order chi connectivity index (χ1) is 9.29. The number of ketones is 1. The van der Waals surface area contributed by atoms with Gasteiger partial charge in [-0.1, -0.05) is 17.7 Å². The van der Waals surface area contributed by atoms with E-state index in [-0.39, 0.29) is 16.3 Å². The van der Waals surface area contributed by atoms with Gasteiger partial charge in [0.2, 0.25) is 0 Å². The van der Waals surface area contributed by atoms with Gasteiger partial charge in [-0.3, -0.25) is 9.59 Å². The first-order valence-corrected chi connectivity index (χ1v) is 6.13. The SMILES string of the molecule is COC(=O)C(C)(O)CN1C(=O)C(=O)c2c(Cl)cccc21. The van der Waals surface area contributed by atoms with Crippen molar-refractivity contribution < 1.29 is 24.2 Å². The molecule has 0 spiro atoms. The molecule has 0 saturated carbocycles. The van der Waals surface area contributed by atoms with Gasteiger partial charge in [0.15, 0.2) is 5.60 Å². The van der Waals surface area contributed by atoms with E-state index in [9.17, 15) is 19.5 Å². The molecule has 20 heavy (non-hydrogen) atoms. The molecule has 1 heterocycles. The molecule has 0 aromatic heterocycles. The molecule has 1 aromatic rings. The summed E-state index contributed by atoms with van der Waals surface area (Å²) in [6.45, 7) is 0.816. The number of amides is 1. The number of methoxy groups -OCH3 is 1. The number of hydrogen-bond acceptors (Lipinski definition) is 5. The molecule has 1 atom stereocenters. The second-order valence-corrected chi connectivity index (χ2v) is 5.03. The highest BCUT2D eigenvalue weighted by Crippen LogP contribution is 2.34. The van der Waals surface area contributed by atoms with Crippen molar-refractivity contribution in [3.63, 3.8) is 0 Å². The Morgan fingerprint density at radius 3 is 2.70 bits per heavy atom. The highest BCUT2D eigenvalue weighted by Gasteiger charge is 2.43. The van der Waals surface area contributed by atoms with Crippen molar-refractivity contribution in [2.75, 3.05) is 18.6 Å². The molecule has 1 amide bonds. The van der Waals surface area contributed by atoms with Crippen molar-refractivity contribution in [2.45, 2.75) is 12.5 Å². The van der Waals surface area contributed by atoms with E-state index in [4.69, 9.17) is 11.6 Å². The van der Waals surface area contributed by atoms with Gasteiger partial charge in [-0.25, -0.2) is 4.79 Å². The second-order valence-electron chi connectivity index (χ2n) is 4.62. The van der Waals surface area contributed by atoms with Crippen LogP contribution in [-0.4, -0.2) is 42.0 Å². The molecule has 0 aliphatic carbocycles. The fraction of sp³-hybridized carbons (Fsp3) is 0.308. The van der Waals surface area contributed by atoms with Crippen LogP contribution in [0, 0.1) is 0 Å². The maximum Gasteiger partial charge on any atom is 0.339 e. The number of carbonyl (C=O) groups excluding carboxylic acids is 3. The summed E-state index contributed by atoms with van der Waals surface area (Å²) in [5.74, 6) is -2.49. The summed E-state index contributed by atoms with van der Waals surface area (Å²) in [4.78, 5) is 36.3. The molecule has 0 radical (unpaired) electrons. The number of rotatable bonds is 3. The molecule has 0 saturated heterocycles. The Bertz CT molecular complexity index is 611. The number of anilines is 1. The minimum Gasteiger partial charge on any atom is -0.467 e. The smallest absolute Gasteiger partial charge is 0.339 e. The van der Waals surface area contributed by atoms with Gasteiger partial charge in [0.25, 0.3) is 11.7 Å². The van der Waals surface area contributed by atoms with Crippen molar-refractivity contribution in [1.29, 1.82) is 0 Å². The largest absolute Gasteiger partial charge is 0.467 e. The van der Waals surface area contributed by atoms with Gasteiger partial charge in [-0.15, -0.1) is 0 Å². The summed E-state index contributed by atoms with van der Waals surface area (Å²) >= 11 is 5.90. The average molecular weight is 298 g/mol. The number of aliphatic hydroxyl groups is 1. The van der Waals surface area contributed by atoms with Crippen molar-refractivity contribution in [3.8, 4) is 0 Å². The van der Waals surface area contributed by atoms with Crippen LogP contribution in [0.2, 0.25) is 5.02 Å². The predicted molar refractivity (Wildman–Crippen MR) is 70.8 cm³/mol. The highest BCUT2D eigenvalue weighted by atomic mass is 35.5. The third kappa shape index (κ3) is 2.17. The van der Waals surface area contributed by atoms with Gasteiger partial charge in [0, 0.05) is 0 Å². The maximum absolute atomic E-state index is 12.0. The van der Waals surface area contributed by atoms with Crippen LogP contribution >= 0.6 is 11.6 Å². The minimum atomic E-state index is -1.92. The van der Waals surface area contributed by atoms with E-state index in [0.717, 1.165) is 12.0 Å². The number of esters is 1. The average Bonchev–Trinajstić information content (AvgIpc) is 2.64. The lowest BCUT2D eigenvalue weighted by atomic mass is 10.1. The number of benzene rings is 1. The molecule has 1 aromatic carbocycles. The quantitative estimate of drug-likeness (QED) is 0.659. The maximum atomic E-state index is 12.0. The van der Waals surface area contributed by atoms with Crippen molar-refractivity contribution in [1.82, 2.24) is 0 Å². The summed E-state index contributed by atoms with van der Waals surface area (Å²) in [7, 11) is 1.12. The van der Waals surface area contributed by atoms with Crippen molar-refractivity contribution >= 4 is 34.9 Å². The molecule has 1 aliphatic rings. The highest BCUT2D eigenvalue weighted by molar-refractivity contribution is 6.55. The van der Waals surface area contributed by atoms with Crippen LogP contribution in [0.15, 0.2) is 18.2 Å². The van der Waals surface area contributed by atoms with Gasteiger partial charge in [-0.05, 0) is 19.1 Å². The predicted octanol–water partition coefficient (Wildman–Crippen LogP) is 0.793. The Hall–Kier alpha value is -1.92. The molecule has 7 heteroatoms. The molecular weight excluding hydrogens is 286 g/mol. The molecule has 1 unspecified atom stereocenters. The van der Waals surface area contributed by atoms with Crippen molar-refractivity contribution in [2.24, 2.45) is 0 Å². The standard InChI is InChI=1S/C13H12ClNO5/c1-13(19,12(18)20-2)6-15-8-5-3-4-7(14)9(8)10(16)11(15)17/h3-5,19H,6H2,1-2H3. The Labute approximate surface area is 119 Å². The third-order valence-corrected chi connectivity index (χ3v) is 3.35. The Kier molecular flexibility index (Phi) is 3.54. The Morgan fingerprint density at radius 2 is 2.10 bits per heavy atom. The number of β-amino-alcohol motifs (C(OH)–C–C–N with tert-alkyl or cyclic N) is 1. The summed E-state index contributed by atoms with van der Waals surface area (Å²) < 4.78 is 4.46. The lowest BCUT2D eigenvalue weighted by Gasteiger charge is -2.26. The first-order valence-electron chi connectivity index (χ1n) is 5.75. The number of Topliss-reactive ketones (excluding diaryl/α,β-unsaturated/α-hetero) is 1. The molecule has 6 nitrogen and oxygen atoms in total. The van der Waals surface area contributed by atoms with Crippen LogP contribution in [0.25, 0.3) is 0 Å². The number of ether oxygens (including phenoxy) is 1. The van der Waals surface area contributed by atoms with Gasteiger partial charge < -0.3 is 14.7 Å². The second kappa shape index (κ2) is 4.88. The zero-order chi connectivity index (χ0) is 15.1. The lowest BCUT2D eigenvalue weighted by molar-refractivity contribution is -0.159. The molecule has 106 valence electrons. The zero-order valence-electron chi connectivity index (χ0n) is 10.8. The topological polar surface area (TPSA) is 83.9 Å². The monoisotopic (exact) mass is 297 g/mol. The van der Waals surface area contributed by atoms with E-state index in [1.165, 1.54) is 19.1 Å². The molecule has 1 aliphatic heterocycles. The van der Waals surface area contributed by atoms with Gasteiger partial charge in [0.05, 0.1) is 29.9 Å². The van der Waals surface area contributed by atoms with Crippen LogP contribution in [0.5, 0.6) is 0 Å². The fourth-order valence-electron chi connectivity index (χ4n) is 2.05. The molecule has 1 N–H and O–H groups in total. The van der Waals surface area contributed by atoms with Crippen molar-refractivity contribution in [3.05, 3.63) is 28.8 Å². The molecule has 0 fully saturated rings. The summed E-state index contributed by atoms with van der Waals surface area (Å²) in [5, 5.41) is 10.2.